The Morgan fingerprint density at radius 2 is 2.16 bits per heavy atom. The number of thiazole rings is 1. The van der Waals surface area contributed by atoms with Gasteiger partial charge in [0.1, 0.15) is 10.3 Å². The fraction of sp³-hybridized carbons (Fsp3) is 0.412. The molecule has 0 amide bonds. The molecule has 1 aliphatic carbocycles. The van der Waals surface area contributed by atoms with Gasteiger partial charge in [-0.1, -0.05) is 13.0 Å². The molecule has 1 atom stereocenters. The van der Waals surface area contributed by atoms with Crippen LogP contribution >= 0.6 is 11.3 Å². The third kappa shape index (κ3) is 2.52. The molecule has 0 saturated carbocycles. The SMILES string of the molecule is CC1C=C(c2nc(N3CCOCC3)c3ncsc3n2)c2cn[nH]c2C1. The van der Waals surface area contributed by atoms with Crippen molar-refractivity contribution in [3.63, 3.8) is 0 Å². The van der Waals surface area contributed by atoms with Crippen LogP contribution in [-0.2, 0) is 11.2 Å². The molecule has 4 heterocycles. The van der Waals surface area contributed by atoms with Crippen LogP contribution in [-0.4, -0.2) is 51.5 Å². The minimum absolute atomic E-state index is 0.426. The van der Waals surface area contributed by atoms with Gasteiger partial charge in [0.15, 0.2) is 11.6 Å². The molecular formula is C17H18N6OS. The van der Waals surface area contributed by atoms with Gasteiger partial charge in [0, 0.05) is 29.9 Å². The number of hydrogen-bond donors (Lipinski definition) is 1. The molecule has 7 nitrogen and oxygen atoms in total. The predicted octanol–water partition coefficient (Wildman–Crippen LogP) is 2.27. The summed E-state index contributed by atoms with van der Waals surface area (Å²) in [6.45, 7) is 5.30. The second-order valence-corrected chi connectivity index (χ2v) is 7.33. The monoisotopic (exact) mass is 354 g/mol. The first-order valence-electron chi connectivity index (χ1n) is 8.48. The van der Waals surface area contributed by atoms with Gasteiger partial charge in [0.25, 0.3) is 0 Å². The number of H-pyrrole nitrogens is 1. The highest BCUT2D eigenvalue weighted by molar-refractivity contribution is 7.16. The van der Waals surface area contributed by atoms with E-state index in [0.717, 1.165) is 71.5 Å². The number of aromatic amines is 1. The Bertz CT molecular complexity index is 955. The summed E-state index contributed by atoms with van der Waals surface area (Å²) < 4.78 is 5.48. The lowest BCUT2D eigenvalue weighted by Gasteiger charge is -2.28. The number of hydrogen-bond acceptors (Lipinski definition) is 7. The molecule has 1 N–H and O–H groups in total. The van der Waals surface area contributed by atoms with Crippen LogP contribution in [0.4, 0.5) is 5.82 Å². The smallest absolute Gasteiger partial charge is 0.163 e. The van der Waals surface area contributed by atoms with E-state index in [9.17, 15) is 0 Å². The zero-order chi connectivity index (χ0) is 16.8. The third-order valence-corrected chi connectivity index (χ3v) is 5.44. The molecule has 1 saturated heterocycles. The van der Waals surface area contributed by atoms with Gasteiger partial charge < -0.3 is 9.64 Å². The van der Waals surface area contributed by atoms with Crippen molar-refractivity contribution in [2.75, 3.05) is 31.2 Å². The van der Waals surface area contributed by atoms with Crippen LogP contribution in [0.1, 0.15) is 24.0 Å². The molecule has 128 valence electrons. The van der Waals surface area contributed by atoms with E-state index in [0.29, 0.717) is 5.92 Å². The van der Waals surface area contributed by atoms with Crippen molar-refractivity contribution in [3.8, 4) is 0 Å². The van der Waals surface area contributed by atoms with Crippen molar-refractivity contribution >= 4 is 33.1 Å². The quantitative estimate of drug-likeness (QED) is 0.760. The number of morpholine rings is 1. The van der Waals surface area contributed by atoms with Gasteiger partial charge in [-0.2, -0.15) is 5.10 Å². The van der Waals surface area contributed by atoms with Gasteiger partial charge in [-0.05, 0) is 12.3 Å². The fourth-order valence-corrected chi connectivity index (χ4v) is 4.17. The number of fused-ring (bicyclic) bond motifs is 2. The lowest BCUT2D eigenvalue weighted by Crippen LogP contribution is -2.37. The summed E-state index contributed by atoms with van der Waals surface area (Å²) in [5.74, 6) is 2.09. The zero-order valence-electron chi connectivity index (χ0n) is 13.9. The maximum absolute atomic E-state index is 5.48. The summed E-state index contributed by atoms with van der Waals surface area (Å²) in [5, 5.41) is 7.34. The Kier molecular flexibility index (Phi) is 3.53. The molecule has 0 aromatic carbocycles. The summed E-state index contributed by atoms with van der Waals surface area (Å²) in [5.41, 5.74) is 6.05. The Hall–Kier alpha value is -2.32. The van der Waals surface area contributed by atoms with E-state index < -0.39 is 0 Å². The normalized spacial score (nSPS) is 20.6. The van der Waals surface area contributed by atoms with E-state index in [2.05, 4.69) is 33.1 Å². The van der Waals surface area contributed by atoms with Crippen molar-refractivity contribution < 1.29 is 4.74 Å². The average molecular weight is 354 g/mol. The molecule has 25 heavy (non-hydrogen) atoms. The lowest BCUT2D eigenvalue weighted by molar-refractivity contribution is 0.122. The molecule has 0 radical (unpaired) electrons. The molecule has 0 spiro atoms. The Morgan fingerprint density at radius 3 is 3.04 bits per heavy atom. The van der Waals surface area contributed by atoms with Crippen molar-refractivity contribution in [1.82, 2.24) is 25.1 Å². The second-order valence-electron chi connectivity index (χ2n) is 6.50. The molecular weight excluding hydrogens is 336 g/mol. The lowest BCUT2D eigenvalue weighted by atomic mass is 9.90. The van der Waals surface area contributed by atoms with E-state index in [-0.39, 0.29) is 0 Å². The van der Waals surface area contributed by atoms with Crippen LogP contribution in [0, 0.1) is 5.92 Å². The minimum Gasteiger partial charge on any atom is -0.378 e. The number of ether oxygens (including phenoxy) is 1. The molecule has 1 fully saturated rings. The molecule has 3 aromatic rings. The first kappa shape index (κ1) is 15.0. The van der Waals surface area contributed by atoms with Crippen LogP contribution in [0.5, 0.6) is 0 Å². The number of aromatic nitrogens is 5. The largest absolute Gasteiger partial charge is 0.378 e. The van der Waals surface area contributed by atoms with Crippen molar-refractivity contribution in [2.24, 2.45) is 5.92 Å². The van der Waals surface area contributed by atoms with Crippen LogP contribution in [0.15, 0.2) is 17.8 Å². The predicted molar refractivity (Wildman–Crippen MR) is 96.8 cm³/mol. The summed E-state index contributed by atoms with van der Waals surface area (Å²) >= 11 is 1.56. The Morgan fingerprint density at radius 1 is 1.28 bits per heavy atom. The number of nitrogens with zero attached hydrogens (tertiary/aromatic N) is 5. The number of nitrogens with one attached hydrogen (secondary N) is 1. The highest BCUT2D eigenvalue weighted by Crippen LogP contribution is 2.34. The van der Waals surface area contributed by atoms with Crippen LogP contribution < -0.4 is 4.90 Å². The van der Waals surface area contributed by atoms with Gasteiger partial charge in [0.2, 0.25) is 0 Å². The van der Waals surface area contributed by atoms with E-state index >= 15 is 0 Å². The topological polar surface area (TPSA) is 79.8 Å². The molecule has 8 heteroatoms. The van der Waals surface area contributed by atoms with Crippen LogP contribution in [0.2, 0.25) is 0 Å². The highest BCUT2D eigenvalue weighted by atomic mass is 32.1. The maximum Gasteiger partial charge on any atom is 0.163 e. The molecule has 5 rings (SSSR count). The van der Waals surface area contributed by atoms with Crippen LogP contribution in [0.3, 0.4) is 0 Å². The molecule has 2 aliphatic rings. The van der Waals surface area contributed by atoms with Gasteiger partial charge in [-0.25, -0.2) is 15.0 Å². The highest BCUT2D eigenvalue weighted by Gasteiger charge is 2.25. The third-order valence-electron chi connectivity index (χ3n) is 4.72. The summed E-state index contributed by atoms with van der Waals surface area (Å²) in [6, 6.07) is 0. The maximum atomic E-state index is 5.48. The first-order valence-corrected chi connectivity index (χ1v) is 9.36. The number of anilines is 1. The first-order chi connectivity index (χ1) is 12.3. The van der Waals surface area contributed by atoms with Gasteiger partial charge in [-0.15, -0.1) is 11.3 Å². The van der Waals surface area contributed by atoms with Gasteiger partial charge >= 0.3 is 0 Å². The summed E-state index contributed by atoms with van der Waals surface area (Å²) in [7, 11) is 0. The number of allylic oxidation sites excluding steroid dienone is 1. The van der Waals surface area contributed by atoms with Crippen molar-refractivity contribution in [2.45, 2.75) is 13.3 Å². The fourth-order valence-electron chi connectivity index (χ4n) is 3.51. The van der Waals surface area contributed by atoms with E-state index in [1.807, 2.05) is 11.7 Å². The van der Waals surface area contributed by atoms with Gasteiger partial charge in [-0.3, -0.25) is 5.10 Å². The standard InChI is InChI=1S/C17H18N6OS/c1-10-6-11(12-8-19-22-13(12)7-10)15-20-16(23-2-4-24-5-3-23)14-17(21-15)25-9-18-14/h6,8-10H,2-5,7H2,1H3,(H,19,22). The molecule has 0 bridgehead atoms. The van der Waals surface area contributed by atoms with E-state index in [4.69, 9.17) is 14.7 Å². The minimum atomic E-state index is 0.426. The summed E-state index contributed by atoms with van der Waals surface area (Å²) in [4.78, 5) is 17.4. The van der Waals surface area contributed by atoms with E-state index in [1.54, 1.807) is 11.3 Å². The molecule has 3 aromatic heterocycles. The second kappa shape index (κ2) is 5.89. The Balaban J connectivity index is 1.67. The van der Waals surface area contributed by atoms with Crippen LogP contribution in [0.25, 0.3) is 15.9 Å². The van der Waals surface area contributed by atoms with E-state index in [1.165, 1.54) is 0 Å². The van der Waals surface area contributed by atoms with Crippen molar-refractivity contribution in [1.29, 1.82) is 0 Å². The van der Waals surface area contributed by atoms with Crippen molar-refractivity contribution in [3.05, 3.63) is 34.9 Å². The van der Waals surface area contributed by atoms with Gasteiger partial charge in [0.05, 0.1) is 24.9 Å². The average Bonchev–Trinajstić information content (AvgIpc) is 3.29. The molecule has 1 aliphatic heterocycles. The zero-order valence-corrected chi connectivity index (χ0v) is 14.7. The summed E-state index contributed by atoms with van der Waals surface area (Å²) in [6.07, 6.45) is 5.10. The number of rotatable bonds is 2. The molecule has 1 unspecified atom stereocenters. The Labute approximate surface area is 148 Å².